The second-order valence-electron chi connectivity index (χ2n) is 4.38. The van der Waals surface area contributed by atoms with Crippen molar-refractivity contribution in [3.8, 4) is 0 Å². The fourth-order valence-corrected chi connectivity index (χ4v) is 1.86. The highest BCUT2D eigenvalue weighted by atomic mass is 16.6. The summed E-state index contributed by atoms with van der Waals surface area (Å²) >= 11 is 0. The minimum atomic E-state index is -0.719. The molecular formula is C10H15N3O3. The zero-order valence-corrected chi connectivity index (χ0v) is 9.38. The van der Waals surface area contributed by atoms with E-state index in [9.17, 15) is 4.79 Å². The molecular weight excluding hydrogens is 210 g/mol. The summed E-state index contributed by atoms with van der Waals surface area (Å²) in [5.74, 6) is -0.741. The van der Waals surface area contributed by atoms with Crippen LogP contribution < -0.4 is 0 Å². The minimum absolute atomic E-state index is 0.248. The van der Waals surface area contributed by atoms with E-state index in [0.717, 1.165) is 24.5 Å². The molecule has 0 spiro atoms. The number of hydrogen-bond donors (Lipinski definition) is 1. The van der Waals surface area contributed by atoms with Crippen LogP contribution in [0.2, 0.25) is 0 Å². The first kappa shape index (κ1) is 11.1. The standard InChI is InChI=1S/C10H15N3O3/c1-6(10(14)15)8-3-13(4-8)5-9-7(2)11-16-12-9/h6,8H,3-5H2,1-2H3,(H,14,15). The highest BCUT2D eigenvalue weighted by Crippen LogP contribution is 2.25. The van der Waals surface area contributed by atoms with E-state index < -0.39 is 5.97 Å². The molecule has 1 saturated heterocycles. The Morgan fingerprint density at radius 1 is 1.62 bits per heavy atom. The molecule has 16 heavy (non-hydrogen) atoms. The van der Waals surface area contributed by atoms with Gasteiger partial charge in [0.15, 0.2) is 0 Å². The van der Waals surface area contributed by atoms with Gasteiger partial charge in [-0.3, -0.25) is 9.69 Å². The third kappa shape index (κ3) is 2.06. The van der Waals surface area contributed by atoms with Crippen molar-refractivity contribution >= 4 is 5.97 Å². The van der Waals surface area contributed by atoms with E-state index in [2.05, 4.69) is 19.8 Å². The number of carboxylic acids is 1. The SMILES string of the molecule is Cc1nonc1CN1CC(C(C)C(=O)O)C1. The van der Waals surface area contributed by atoms with Crippen molar-refractivity contribution in [2.24, 2.45) is 11.8 Å². The lowest BCUT2D eigenvalue weighted by molar-refractivity contribution is -0.145. The van der Waals surface area contributed by atoms with Crippen LogP contribution >= 0.6 is 0 Å². The summed E-state index contributed by atoms with van der Waals surface area (Å²) in [4.78, 5) is 12.9. The van der Waals surface area contributed by atoms with Gasteiger partial charge in [-0.05, 0) is 12.8 Å². The van der Waals surface area contributed by atoms with Crippen LogP contribution in [0.4, 0.5) is 0 Å². The average Bonchev–Trinajstić information content (AvgIpc) is 2.56. The number of nitrogens with zero attached hydrogens (tertiary/aromatic N) is 3. The van der Waals surface area contributed by atoms with E-state index in [4.69, 9.17) is 5.11 Å². The number of likely N-dealkylation sites (tertiary alicyclic amines) is 1. The van der Waals surface area contributed by atoms with Crippen molar-refractivity contribution in [3.63, 3.8) is 0 Å². The zero-order chi connectivity index (χ0) is 11.7. The van der Waals surface area contributed by atoms with Crippen LogP contribution in [0.3, 0.4) is 0 Å². The third-order valence-electron chi connectivity index (χ3n) is 3.20. The first-order valence-electron chi connectivity index (χ1n) is 5.31. The van der Waals surface area contributed by atoms with E-state index in [0.29, 0.717) is 6.54 Å². The lowest BCUT2D eigenvalue weighted by Crippen LogP contribution is -2.50. The molecule has 6 nitrogen and oxygen atoms in total. The van der Waals surface area contributed by atoms with Gasteiger partial charge < -0.3 is 5.11 Å². The Morgan fingerprint density at radius 2 is 2.31 bits per heavy atom. The first-order valence-corrected chi connectivity index (χ1v) is 5.31. The van der Waals surface area contributed by atoms with E-state index in [1.807, 2.05) is 6.92 Å². The number of aromatic nitrogens is 2. The summed E-state index contributed by atoms with van der Waals surface area (Å²) in [5, 5.41) is 16.4. The number of hydrogen-bond acceptors (Lipinski definition) is 5. The van der Waals surface area contributed by atoms with Crippen molar-refractivity contribution < 1.29 is 14.5 Å². The van der Waals surface area contributed by atoms with Crippen LogP contribution in [0, 0.1) is 18.8 Å². The zero-order valence-electron chi connectivity index (χ0n) is 9.38. The largest absolute Gasteiger partial charge is 0.481 e. The van der Waals surface area contributed by atoms with Gasteiger partial charge in [-0.1, -0.05) is 17.2 Å². The van der Waals surface area contributed by atoms with Gasteiger partial charge in [0.2, 0.25) is 0 Å². The Kier molecular flexibility index (Phi) is 2.91. The summed E-state index contributed by atoms with van der Waals surface area (Å²) in [5.41, 5.74) is 1.64. The Morgan fingerprint density at radius 3 is 2.81 bits per heavy atom. The van der Waals surface area contributed by atoms with Gasteiger partial charge in [-0.25, -0.2) is 4.63 Å². The van der Waals surface area contributed by atoms with Crippen molar-refractivity contribution in [1.82, 2.24) is 15.2 Å². The summed E-state index contributed by atoms with van der Waals surface area (Å²) in [6.07, 6.45) is 0. The monoisotopic (exact) mass is 225 g/mol. The van der Waals surface area contributed by atoms with Gasteiger partial charge in [0.1, 0.15) is 11.4 Å². The Labute approximate surface area is 93.2 Å². The minimum Gasteiger partial charge on any atom is -0.481 e. The quantitative estimate of drug-likeness (QED) is 0.805. The fraction of sp³-hybridized carbons (Fsp3) is 0.700. The third-order valence-corrected chi connectivity index (χ3v) is 3.20. The molecule has 1 atom stereocenters. The molecule has 88 valence electrons. The van der Waals surface area contributed by atoms with Crippen molar-refractivity contribution in [3.05, 3.63) is 11.4 Å². The van der Waals surface area contributed by atoms with Crippen LogP contribution in [-0.4, -0.2) is 39.4 Å². The molecule has 0 bridgehead atoms. The highest BCUT2D eigenvalue weighted by Gasteiger charge is 2.35. The van der Waals surface area contributed by atoms with Crippen LogP contribution in [0.1, 0.15) is 18.3 Å². The smallest absolute Gasteiger partial charge is 0.306 e. The second-order valence-corrected chi connectivity index (χ2v) is 4.38. The van der Waals surface area contributed by atoms with E-state index >= 15 is 0 Å². The van der Waals surface area contributed by atoms with Crippen LogP contribution in [0.15, 0.2) is 4.63 Å². The number of carbonyl (C=O) groups is 1. The maximum absolute atomic E-state index is 10.8. The fourth-order valence-electron chi connectivity index (χ4n) is 1.86. The predicted molar refractivity (Wildman–Crippen MR) is 54.6 cm³/mol. The molecule has 1 fully saturated rings. The molecule has 1 N–H and O–H groups in total. The Bertz CT molecular complexity index is 384. The lowest BCUT2D eigenvalue weighted by atomic mass is 9.87. The van der Waals surface area contributed by atoms with Gasteiger partial charge in [-0.15, -0.1) is 0 Å². The van der Waals surface area contributed by atoms with Crippen LogP contribution in [-0.2, 0) is 11.3 Å². The normalized spacial score (nSPS) is 19.4. The number of rotatable bonds is 4. The van der Waals surface area contributed by atoms with Gasteiger partial charge in [0.25, 0.3) is 0 Å². The lowest BCUT2D eigenvalue weighted by Gasteiger charge is -2.40. The molecule has 0 radical (unpaired) electrons. The molecule has 1 aliphatic rings. The molecule has 1 unspecified atom stereocenters. The molecule has 0 amide bonds. The second kappa shape index (κ2) is 4.21. The molecule has 1 aromatic rings. The molecule has 0 aliphatic carbocycles. The maximum Gasteiger partial charge on any atom is 0.306 e. The topological polar surface area (TPSA) is 79.5 Å². The molecule has 1 aliphatic heterocycles. The van der Waals surface area contributed by atoms with Crippen LogP contribution in [0.5, 0.6) is 0 Å². The molecule has 1 aromatic heterocycles. The van der Waals surface area contributed by atoms with E-state index in [-0.39, 0.29) is 11.8 Å². The van der Waals surface area contributed by atoms with Crippen LogP contribution in [0.25, 0.3) is 0 Å². The van der Waals surface area contributed by atoms with E-state index in [1.54, 1.807) is 6.92 Å². The maximum atomic E-state index is 10.8. The predicted octanol–water partition coefficient (Wildman–Crippen LogP) is 0.531. The van der Waals surface area contributed by atoms with Crippen molar-refractivity contribution in [2.45, 2.75) is 20.4 Å². The number of carboxylic acid groups (broad SMARTS) is 1. The summed E-state index contributed by atoms with van der Waals surface area (Å²) in [7, 11) is 0. The Balaban J connectivity index is 1.81. The molecule has 2 rings (SSSR count). The van der Waals surface area contributed by atoms with Gasteiger partial charge >= 0.3 is 5.97 Å². The molecule has 0 saturated carbocycles. The number of aliphatic carboxylic acids is 1. The van der Waals surface area contributed by atoms with Gasteiger partial charge in [-0.2, -0.15) is 0 Å². The molecule has 0 aromatic carbocycles. The summed E-state index contributed by atoms with van der Waals surface area (Å²) < 4.78 is 4.61. The highest BCUT2D eigenvalue weighted by molar-refractivity contribution is 5.70. The average molecular weight is 225 g/mol. The Hall–Kier alpha value is -1.43. The number of aryl methyl sites for hydroxylation is 1. The molecule has 6 heteroatoms. The van der Waals surface area contributed by atoms with Gasteiger partial charge in [0, 0.05) is 19.6 Å². The summed E-state index contributed by atoms with van der Waals surface area (Å²) in [6.45, 7) is 5.91. The van der Waals surface area contributed by atoms with E-state index in [1.165, 1.54) is 0 Å². The molecule has 2 heterocycles. The van der Waals surface area contributed by atoms with Gasteiger partial charge in [0.05, 0.1) is 5.92 Å². The first-order chi connectivity index (χ1) is 7.58. The van der Waals surface area contributed by atoms with Crippen molar-refractivity contribution in [2.75, 3.05) is 13.1 Å². The summed E-state index contributed by atoms with van der Waals surface area (Å²) in [6, 6.07) is 0. The van der Waals surface area contributed by atoms with Crippen molar-refractivity contribution in [1.29, 1.82) is 0 Å².